The molecular formula is C28H30Cl2N2O3S. The number of benzene rings is 3. The van der Waals surface area contributed by atoms with Gasteiger partial charge >= 0.3 is 0 Å². The van der Waals surface area contributed by atoms with Crippen molar-refractivity contribution >= 4 is 46.8 Å². The van der Waals surface area contributed by atoms with Gasteiger partial charge in [0.1, 0.15) is 11.8 Å². The van der Waals surface area contributed by atoms with Gasteiger partial charge < -0.3 is 15.0 Å². The molecule has 3 rings (SSSR count). The Balaban J connectivity index is 1.82. The Bertz CT molecular complexity index is 1140. The second-order valence-corrected chi connectivity index (χ2v) is 10.0. The number of hydrogen-bond acceptors (Lipinski definition) is 4. The standard InChI is InChI=1S/C28H30Cl2N2O3S/c1-3-31-28(34)26(16-20-7-5-4-6-8-20)32(17-22-11-14-24(29)25(30)15-22)27(33)19-36-18-21-9-12-23(35-2)13-10-21/h4-15,26H,3,16-19H2,1-2H3,(H,31,34)/t26-/m1/s1. The number of amides is 2. The zero-order chi connectivity index (χ0) is 25.9. The predicted octanol–water partition coefficient (Wildman–Crippen LogP) is 6.01. The number of methoxy groups -OCH3 is 1. The van der Waals surface area contributed by atoms with Gasteiger partial charge in [-0.05, 0) is 47.9 Å². The molecule has 3 aromatic rings. The van der Waals surface area contributed by atoms with Crippen molar-refractivity contribution < 1.29 is 14.3 Å². The van der Waals surface area contributed by atoms with Gasteiger partial charge in [-0.2, -0.15) is 0 Å². The summed E-state index contributed by atoms with van der Waals surface area (Å²) >= 11 is 13.9. The Morgan fingerprint density at radius 1 is 0.944 bits per heavy atom. The summed E-state index contributed by atoms with van der Waals surface area (Å²) < 4.78 is 5.21. The van der Waals surface area contributed by atoms with Crippen LogP contribution in [0.5, 0.6) is 5.75 Å². The van der Waals surface area contributed by atoms with Crippen LogP contribution in [0.4, 0.5) is 0 Å². The number of thioether (sulfide) groups is 1. The summed E-state index contributed by atoms with van der Waals surface area (Å²) in [7, 11) is 1.63. The van der Waals surface area contributed by atoms with Crippen LogP contribution in [0.2, 0.25) is 10.0 Å². The van der Waals surface area contributed by atoms with E-state index < -0.39 is 6.04 Å². The molecule has 0 aliphatic rings. The Labute approximate surface area is 227 Å². The summed E-state index contributed by atoms with van der Waals surface area (Å²) in [6.07, 6.45) is 0.406. The first-order valence-electron chi connectivity index (χ1n) is 11.7. The van der Waals surface area contributed by atoms with E-state index in [1.807, 2.05) is 67.6 Å². The summed E-state index contributed by atoms with van der Waals surface area (Å²) in [6, 6.07) is 22.1. The summed E-state index contributed by atoms with van der Waals surface area (Å²) in [5, 5.41) is 3.75. The highest BCUT2D eigenvalue weighted by Crippen LogP contribution is 2.25. The molecule has 2 amide bonds. The van der Waals surface area contributed by atoms with Gasteiger partial charge in [-0.3, -0.25) is 9.59 Å². The van der Waals surface area contributed by atoms with Crippen LogP contribution in [0, 0.1) is 0 Å². The van der Waals surface area contributed by atoms with E-state index >= 15 is 0 Å². The molecule has 0 aliphatic carbocycles. The maximum absolute atomic E-state index is 13.6. The van der Waals surface area contributed by atoms with Gasteiger partial charge in [0.05, 0.1) is 22.9 Å². The molecule has 8 heteroatoms. The Kier molecular flexibility index (Phi) is 11.0. The van der Waals surface area contributed by atoms with Gasteiger partial charge in [-0.15, -0.1) is 11.8 Å². The molecule has 1 N–H and O–H groups in total. The lowest BCUT2D eigenvalue weighted by molar-refractivity contribution is -0.139. The van der Waals surface area contributed by atoms with Crippen LogP contribution in [0.25, 0.3) is 0 Å². The van der Waals surface area contributed by atoms with Crippen LogP contribution in [-0.2, 0) is 28.3 Å². The van der Waals surface area contributed by atoms with Crippen molar-refractivity contribution in [1.29, 1.82) is 0 Å². The SMILES string of the molecule is CCNC(=O)[C@@H](Cc1ccccc1)N(Cc1ccc(Cl)c(Cl)c1)C(=O)CSCc1ccc(OC)cc1. The number of hydrogen-bond donors (Lipinski definition) is 1. The Morgan fingerprint density at radius 3 is 2.28 bits per heavy atom. The molecule has 0 aliphatic heterocycles. The Hall–Kier alpha value is -2.67. The van der Waals surface area contributed by atoms with Crippen molar-refractivity contribution in [3.8, 4) is 5.75 Å². The molecule has 0 spiro atoms. The minimum absolute atomic E-state index is 0.119. The van der Waals surface area contributed by atoms with Crippen molar-refractivity contribution in [1.82, 2.24) is 10.2 Å². The number of ether oxygens (including phenoxy) is 1. The van der Waals surface area contributed by atoms with E-state index in [0.717, 1.165) is 22.4 Å². The number of halogens is 2. The Morgan fingerprint density at radius 2 is 1.64 bits per heavy atom. The van der Waals surface area contributed by atoms with Crippen LogP contribution in [-0.4, -0.2) is 42.2 Å². The van der Waals surface area contributed by atoms with E-state index in [-0.39, 0.29) is 24.1 Å². The van der Waals surface area contributed by atoms with Crippen LogP contribution in [0.15, 0.2) is 72.8 Å². The third-order valence-electron chi connectivity index (χ3n) is 5.61. The average Bonchev–Trinajstić information content (AvgIpc) is 2.89. The topological polar surface area (TPSA) is 58.6 Å². The zero-order valence-corrected chi connectivity index (χ0v) is 22.7. The average molecular weight is 546 g/mol. The quantitative estimate of drug-likeness (QED) is 0.303. The summed E-state index contributed by atoms with van der Waals surface area (Å²) in [5.74, 6) is 1.39. The minimum Gasteiger partial charge on any atom is -0.497 e. The maximum atomic E-state index is 13.6. The number of carbonyl (C=O) groups is 2. The van der Waals surface area contributed by atoms with Gasteiger partial charge in [-0.25, -0.2) is 0 Å². The molecule has 0 heterocycles. The number of nitrogens with one attached hydrogen (secondary N) is 1. The first-order chi connectivity index (χ1) is 17.4. The highest BCUT2D eigenvalue weighted by molar-refractivity contribution is 7.99. The third kappa shape index (κ3) is 8.19. The lowest BCUT2D eigenvalue weighted by Crippen LogP contribution is -2.51. The second kappa shape index (κ2) is 14.2. The van der Waals surface area contributed by atoms with Gasteiger partial charge in [-0.1, -0.05) is 71.7 Å². The van der Waals surface area contributed by atoms with Gasteiger partial charge in [0.15, 0.2) is 0 Å². The van der Waals surface area contributed by atoms with E-state index in [4.69, 9.17) is 27.9 Å². The monoisotopic (exact) mass is 544 g/mol. The largest absolute Gasteiger partial charge is 0.497 e. The van der Waals surface area contributed by atoms with E-state index in [1.54, 1.807) is 24.1 Å². The zero-order valence-electron chi connectivity index (χ0n) is 20.4. The fourth-order valence-electron chi connectivity index (χ4n) is 3.74. The molecule has 3 aromatic carbocycles. The molecule has 0 unspecified atom stereocenters. The molecule has 0 bridgehead atoms. The van der Waals surface area contributed by atoms with E-state index in [9.17, 15) is 9.59 Å². The smallest absolute Gasteiger partial charge is 0.243 e. The van der Waals surface area contributed by atoms with Crippen molar-refractivity contribution in [2.24, 2.45) is 0 Å². The number of nitrogens with zero attached hydrogens (tertiary/aromatic N) is 1. The first kappa shape index (κ1) is 27.9. The summed E-state index contributed by atoms with van der Waals surface area (Å²) in [6.45, 7) is 2.59. The second-order valence-electron chi connectivity index (χ2n) is 8.21. The lowest BCUT2D eigenvalue weighted by Gasteiger charge is -2.31. The molecule has 0 saturated heterocycles. The van der Waals surface area contributed by atoms with Crippen molar-refractivity contribution in [3.05, 3.63) is 99.5 Å². The lowest BCUT2D eigenvalue weighted by atomic mass is 10.0. The number of likely N-dealkylation sites (N-methyl/N-ethyl adjacent to an activating group) is 1. The molecule has 190 valence electrons. The van der Waals surface area contributed by atoms with Gasteiger partial charge in [0.25, 0.3) is 0 Å². The van der Waals surface area contributed by atoms with Gasteiger partial charge in [0.2, 0.25) is 11.8 Å². The van der Waals surface area contributed by atoms with Crippen LogP contribution >= 0.6 is 35.0 Å². The van der Waals surface area contributed by atoms with Crippen molar-refractivity contribution in [3.63, 3.8) is 0 Å². The molecule has 36 heavy (non-hydrogen) atoms. The maximum Gasteiger partial charge on any atom is 0.243 e. The highest BCUT2D eigenvalue weighted by Gasteiger charge is 2.30. The molecule has 1 atom stereocenters. The highest BCUT2D eigenvalue weighted by atomic mass is 35.5. The number of carbonyl (C=O) groups excluding carboxylic acids is 2. The minimum atomic E-state index is -0.670. The first-order valence-corrected chi connectivity index (χ1v) is 13.6. The van der Waals surface area contributed by atoms with Crippen LogP contribution in [0.3, 0.4) is 0 Å². The van der Waals surface area contributed by atoms with E-state index in [0.29, 0.717) is 28.8 Å². The predicted molar refractivity (Wildman–Crippen MR) is 149 cm³/mol. The summed E-state index contributed by atoms with van der Waals surface area (Å²) in [5.41, 5.74) is 2.88. The fourth-order valence-corrected chi connectivity index (χ4v) is 4.93. The number of rotatable bonds is 12. The molecule has 0 saturated carbocycles. The van der Waals surface area contributed by atoms with Crippen LogP contribution in [0.1, 0.15) is 23.6 Å². The molecule has 0 aromatic heterocycles. The molecule has 0 radical (unpaired) electrons. The van der Waals surface area contributed by atoms with Crippen LogP contribution < -0.4 is 10.1 Å². The summed E-state index contributed by atoms with van der Waals surface area (Å²) in [4.78, 5) is 28.4. The third-order valence-corrected chi connectivity index (χ3v) is 7.34. The molecule has 0 fully saturated rings. The van der Waals surface area contributed by atoms with Gasteiger partial charge in [0, 0.05) is 25.3 Å². The van der Waals surface area contributed by atoms with Crippen molar-refractivity contribution in [2.45, 2.75) is 31.7 Å². The van der Waals surface area contributed by atoms with E-state index in [1.165, 1.54) is 11.8 Å². The van der Waals surface area contributed by atoms with Crippen molar-refractivity contribution in [2.75, 3.05) is 19.4 Å². The molecular weight excluding hydrogens is 515 g/mol. The normalized spacial score (nSPS) is 11.6. The fraction of sp³-hybridized carbons (Fsp3) is 0.286. The molecule has 5 nitrogen and oxygen atoms in total. The van der Waals surface area contributed by atoms with E-state index in [2.05, 4.69) is 5.32 Å².